The van der Waals surface area contributed by atoms with E-state index in [0.717, 1.165) is 27.1 Å². The smallest absolute Gasteiger partial charge is 0.360 e. The first-order valence-electron chi connectivity index (χ1n) is 9.15. The number of fused-ring (bicyclic) bond motifs is 6. The van der Waals surface area contributed by atoms with Crippen LogP contribution in [0.2, 0.25) is 0 Å². The zero-order chi connectivity index (χ0) is 18.4. The Balaban J connectivity index is 1.85. The lowest BCUT2D eigenvalue weighted by atomic mass is 9.89. The van der Waals surface area contributed by atoms with E-state index in [9.17, 15) is 4.79 Å². The number of rotatable bonds is 2. The Morgan fingerprint density at radius 1 is 0.704 bits per heavy atom. The second-order valence-corrected chi connectivity index (χ2v) is 6.79. The molecule has 4 aromatic rings. The average molecular weight is 354 g/mol. The van der Waals surface area contributed by atoms with E-state index in [0.29, 0.717) is 17.9 Å². The monoisotopic (exact) mass is 354 g/mol. The molecule has 0 spiro atoms. The summed E-state index contributed by atoms with van der Waals surface area (Å²) in [5.41, 5.74) is -0.333. The van der Waals surface area contributed by atoms with Crippen LogP contribution in [0.1, 0.15) is 18.9 Å². The summed E-state index contributed by atoms with van der Waals surface area (Å²) in [5.74, 6) is 0.771. The molecule has 1 aliphatic heterocycles. The maximum absolute atomic E-state index is 13.1. The SMILES string of the molecule is CC[C@]1(c2ccccc2)Oc2c(c3ccccc3c3ccccc23)OC1=O. The fourth-order valence-corrected chi connectivity index (χ4v) is 3.98. The molecular weight excluding hydrogens is 336 g/mol. The van der Waals surface area contributed by atoms with Crippen molar-refractivity contribution in [3.8, 4) is 11.5 Å². The second-order valence-electron chi connectivity index (χ2n) is 6.79. The van der Waals surface area contributed by atoms with Crippen molar-refractivity contribution in [3.63, 3.8) is 0 Å². The van der Waals surface area contributed by atoms with Crippen LogP contribution in [0.4, 0.5) is 0 Å². The number of esters is 1. The van der Waals surface area contributed by atoms with E-state index in [1.54, 1.807) is 0 Å². The number of hydrogen-bond acceptors (Lipinski definition) is 3. The highest BCUT2D eigenvalue weighted by Gasteiger charge is 2.48. The highest BCUT2D eigenvalue weighted by Crippen LogP contribution is 2.50. The van der Waals surface area contributed by atoms with Crippen molar-refractivity contribution in [2.45, 2.75) is 18.9 Å². The highest BCUT2D eigenvalue weighted by molar-refractivity contribution is 6.15. The lowest BCUT2D eigenvalue weighted by Crippen LogP contribution is -2.46. The van der Waals surface area contributed by atoms with Gasteiger partial charge < -0.3 is 9.47 Å². The first kappa shape index (κ1) is 15.9. The van der Waals surface area contributed by atoms with E-state index < -0.39 is 5.60 Å². The van der Waals surface area contributed by atoms with Crippen LogP contribution >= 0.6 is 0 Å². The third-order valence-electron chi connectivity index (χ3n) is 5.38. The van der Waals surface area contributed by atoms with Crippen molar-refractivity contribution in [2.75, 3.05) is 0 Å². The molecule has 0 saturated heterocycles. The molecular formula is C24H18O3. The zero-order valence-corrected chi connectivity index (χ0v) is 14.9. The molecule has 0 amide bonds. The van der Waals surface area contributed by atoms with Crippen molar-refractivity contribution in [1.29, 1.82) is 0 Å². The van der Waals surface area contributed by atoms with Gasteiger partial charge in [0.25, 0.3) is 0 Å². The Hall–Kier alpha value is -3.33. The van der Waals surface area contributed by atoms with Gasteiger partial charge in [-0.25, -0.2) is 4.79 Å². The maximum atomic E-state index is 13.1. The molecule has 132 valence electrons. The Labute approximate surface area is 157 Å². The van der Waals surface area contributed by atoms with E-state index in [1.165, 1.54) is 0 Å². The minimum Gasteiger partial charge on any atom is -0.466 e. The van der Waals surface area contributed by atoms with E-state index in [1.807, 2.05) is 79.7 Å². The quantitative estimate of drug-likeness (QED) is 0.267. The highest BCUT2D eigenvalue weighted by atomic mass is 16.6. The molecule has 0 saturated carbocycles. The molecule has 0 bridgehead atoms. The fourth-order valence-electron chi connectivity index (χ4n) is 3.98. The predicted molar refractivity (Wildman–Crippen MR) is 106 cm³/mol. The number of carbonyl (C=O) groups excluding carboxylic acids is 1. The van der Waals surface area contributed by atoms with Gasteiger partial charge in [-0.15, -0.1) is 0 Å². The third-order valence-corrected chi connectivity index (χ3v) is 5.38. The van der Waals surface area contributed by atoms with E-state index in [-0.39, 0.29) is 5.97 Å². The van der Waals surface area contributed by atoms with Crippen LogP contribution in [0, 0.1) is 0 Å². The van der Waals surface area contributed by atoms with Crippen LogP contribution in [-0.4, -0.2) is 5.97 Å². The minimum absolute atomic E-state index is 0.371. The average Bonchev–Trinajstić information content (AvgIpc) is 2.74. The molecule has 4 aromatic carbocycles. The second kappa shape index (κ2) is 5.85. The van der Waals surface area contributed by atoms with Crippen molar-refractivity contribution in [3.05, 3.63) is 84.4 Å². The molecule has 0 N–H and O–H groups in total. The van der Waals surface area contributed by atoms with Crippen molar-refractivity contribution >= 4 is 27.5 Å². The molecule has 0 aliphatic carbocycles. The van der Waals surface area contributed by atoms with Crippen LogP contribution in [0.15, 0.2) is 78.9 Å². The summed E-state index contributed by atoms with van der Waals surface area (Å²) in [7, 11) is 0. The third kappa shape index (κ3) is 2.18. The largest absolute Gasteiger partial charge is 0.466 e. The Morgan fingerprint density at radius 2 is 1.22 bits per heavy atom. The minimum atomic E-state index is -1.14. The fraction of sp³-hybridized carbons (Fsp3) is 0.125. The molecule has 3 heteroatoms. The van der Waals surface area contributed by atoms with E-state index >= 15 is 0 Å². The van der Waals surface area contributed by atoms with Crippen LogP contribution in [-0.2, 0) is 10.4 Å². The van der Waals surface area contributed by atoms with Crippen molar-refractivity contribution < 1.29 is 14.3 Å². The van der Waals surface area contributed by atoms with Gasteiger partial charge in [0, 0.05) is 16.3 Å². The van der Waals surface area contributed by atoms with Gasteiger partial charge in [0.1, 0.15) is 0 Å². The van der Waals surface area contributed by atoms with Crippen LogP contribution < -0.4 is 9.47 Å². The van der Waals surface area contributed by atoms with Gasteiger partial charge in [-0.2, -0.15) is 0 Å². The van der Waals surface area contributed by atoms with Gasteiger partial charge in [0.05, 0.1) is 0 Å². The molecule has 0 radical (unpaired) electrons. The van der Waals surface area contributed by atoms with Gasteiger partial charge in [0.15, 0.2) is 11.5 Å². The Bertz CT molecular complexity index is 1180. The van der Waals surface area contributed by atoms with Gasteiger partial charge in [-0.3, -0.25) is 0 Å². The molecule has 1 heterocycles. The molecule has 1 aliphatic rings. The summed E-state index contributed by atoms with van der Waals surface area (Å²) >= 11 is 0. The predicted octanol–water partition coefficient (Wildman–Crippen LogP) is 5.60. The van der Waals surface area contributed by atoms with Gasteiger partial charge in [-0.05, 0) is 17.2 Å². The maximum Gasteiger partial charge on any atom is 0.360 e. The summed E-state index contributed by atoms with van der Waals surface area (Å²) in [4.78, 5) is 13.1. The summed E-state index contributed by atoms with van der Waals surface area (Å²) in [6.45, 7) is 1.95. The summed E-state index contributed by atoms with van der Waals surface area (Å²) < 4.78 is 12.5. The number of ether oxygens (including phenoxy) is 2. The molecule has 27 heavy (non-hydrogen) atoms. The zero-order valence-electron chi connectivity index (χ0n) is 14.9. The number of benzene rings is 4. The number of carbonyl (C=O) groups is 1. The molecule has 0 unspecified atom stereocenters. The number of hydrogen-bond donors (Lipinski definition) is 0. The lowest BCUT2D eigenvalue weighted by Gasteiger charge is -2.37. The summed E-state index contributed by atoms with van der Waals surface area (Å²) in [5, 5.41) is 3.97. The molecule has 5 rings (SSSR count). The first-order valence-corrected chi connectivity index (χ1v) is 9.15. The van der Waals surface area contributed by atoms with Gasteiger partial charge >= 0.3 is 5.97 Å². The molecule has 1 atom stereocenters. The first-order chi connectivity index (χ1) is 13.2. The molecule has 0 aromatic heterocycles. The van der Waals surface area contributed by atoms with Crippen LogP contribution in [0.5, 0.6) is 11.5 Å². The van der Waals surface area contributed by atoms with E-state index in [4.69, 9.17) is 9.47 Å². The standard InChI is InChI=1S/C24H18O3/c1-2-24(16-10-4-3-5-11-16)23(25)26-21-19-14-8-6-12-17(19)18-13-7-9-15-20(18)22(21)27-24/h3-15H,2H2,1H3/t24-/m1/s1. The van der Waals surface area contributed by atoms with E-state index in [2.05, 4.69) is 6.07 Å². The summed E-state index contributed by atoms with van der Waals surface area (Å²) in [6, 6.07) is 25.6. The van der Waals surface area contributed by atoms with Crippen molar-refractivity contribution in [1.82, 2.24) is 0 Å². The normalized spacial score (nSPS) is 18.8. The van der Waals surface area contributed by atoms with Gasteiger partial charge in [0.2, 0.25) is 5.60 Å². The Morgan fingerprint density at radius 3 is 1.81 bits per heavy atom. The Kier molecular flexibility index (Phi) is 3.44. The van der Waals surface area contributed by atoms with Gasteiger partial charge in [-0.1, -0.05) is 85.8 Å². The van der Waals surface area contributed by atoms with Crippen LogP contribution in [0.3, 0.4) is 0 Å². The molecule has 3 nitrogen and oxygen atoms in total. The van der Waals surface area contributed by atoms with Crippen LogP contribution in [0.25, 0.3) is 21.5 Å². The lowest BCUT2D eigenvalue weighted by molar-refractivity contribution is -0.157. The summed E-state index contributed by atoms with van der Waals surface area (Å²) in [6.07, 6.45) is 0.483. The molecule has 0 fully saturated rings. The van der Waals surface area contributed by atoms with Crippen molar-refractivity contribution in [2.24, 2.45) is 0 Å². The topological polar surface area (TPSA) is 35.5 Å².